The average Bonchev–Trinajstić information content (AvgIpc) is 2.92. The maximum absolute atomic E-state index is 13.2. The molecular formula is C31H39N3O4S. The molecule has 0 saturated heterocycles. The second-order valence-electron chi connectivity index (χ2n) is 9.93. The highest BCUT2D eigenvalue weighted by molar-refractivity contribution is 7.90. The van der Waals surface area contributed by atoms with Crippen LogP contribution in [-0.4, -0.2) is 44.9 Å². The van der Waals surface area contributed by atoms with Crippen molar-refractivity contribution in [2.45, 2.75) is 62.6 Å². The van der Waals surface area contributed by atoms with Crippen molar-refractivity contribution in [3.8, 4) is 0 Å². The molecule has 1 atom stereocenters. The summed E-state index contributed by atoms with van der Waals surface area (Å²) in [5.41, 5.74) is 3.06. The Labute approximate surface area is 232 Å². The summed E-state index contributed by atoms with van der Waals surface area (Å²) in [5.74, 6) is -0.275. The molecule has 3 rings (SSSR count). The van der Waals surface area contributed by atoms with Crippen LogP contribution in [0.4, 0.5) is 10.5 Å². The lowest BCUT2D eigenvalue weighted by molar-refractivity contribution is -0.131. The number of carbonyl (C=O) groups excluding carboxylic acids is 2. The van der Waals surface area contributed by atoms with E-state index in [-0.39, 0.29) is 16.6 Å². The highest BCUT2D eigenvalue weighted by atomic mass is 32.2. The molecule has 8 heteroatoms. The normalized spacial score (nSPS) is 12.0. The highest BCUT2D eigenvalue weighted by Gasteiger charge is 2.24. The first kappa shape index (κ1) is 29.9. The lowest BCUT2D eigenvalue weighted by Gasteiger charge is -2.25. The molecule has 7 nitrogen and oxygen atoms in total. The molecule has 3 aromatic rings. The Kier molecular flexibility index (Phi) is 11.1. The SMILES string of the molecule is CCCCCCN(C)C(=O)[C@@H](Cc1ccccc1)NC(=O)Nc1ccc(CS(=O)(=O)c2ccc(C)cc2)cc1. The van der Waals surface area contributed by atoms with Gasteiger partial charge in [-0.2, -0.15) is 0 Å². The van der Waals surface area contributed by atoms with Crippen LogP contribution in [0.3, 0.4) is 0 Å². The molecule has 0 aromatic heterocycles. The van der Waals surface area contributed by atoms with Crippen molar-refractivity contribution in [3.63, 3.8) is 0 Å². The molecule has 208 valence electrons. The summed E-state index contributed by atoms with van der Waals surface area (Å²) in [6.07, 6.45) is 4.62. The van der Waals surface area contributed by atoms with Crippen molar-refractivity contribution in [3.05, 3.63) is 95.6 Å². The van der Waals surface area contributed by atoms with Crippen LogP contribution in [0.5, 0.6) is 0 Å². The van der Waals surface area contributed by atoms with Crippen LogP contribution in [0, 0.1) is 6.92 Å². The number of carbonyl (C=O) groups is 2. The third kappa shape index (κ3) is 9.55. The predicted octanol–water partition coefficient (Wildman–Crippen LogP) is 5.74. The minimum absolute atomic E-state index is 0.137. The Bertz CT molecular complexity index is 1310. The molecule has 0 fully saturated rings. The Balaban J connectivity index is 1.63. The maximum Gasteiger partial charge on any atom is 0.319 e. The number of sulfone groups is 1. The van der Waals surface area contributed by atoms with Gasteiger partial charge in [-0.05, 0) is 48.7 Å². The fourth-order valence-corrected chi connectivity index (χ4v) is 5.61. The van der Waals surface area contributed by atoms with Crippen LogP contribution in [0.15, 0.2) is 83.8 Å². The highest BCUT2D eigenvalue weighted by Crippen LogP contribution is 2.19. The fraction of sp³-hybridized carbons (Fsp3) is 0.355. The van der Waals surface area contributed by atoms with Gasteiger partial charge in [-0.15, -0.1) is 0 Å². The Morgan fingerprint density at radius 2 is 1.51 bits per heavy atom. The van der Waals surface area contributed by atoms with Gasteiger partial charge >= 0.3 is 6.03 Å². The molecule has 0 saturated carbocycles. The molecule has 39 heavy (non-hydrogen) atoms. The maximum atomic E-state index is 13.2. The van der Waals surface area contributed by atoms with Crippen LogP contribution in [-0.2, 0) is 26.8 Å². The van der Waals surface area contributed by atoms with E-state index < -0.39 is 21.9 Å². The van der Waals surface area contributed by atoms with Crippen molar-refractivity contribution in [1.82, 2.24) is 10.2 Å². The molecule has 0 unspecified atom stereocenters. The van der Waals surface area contributed by atoms with Crippen molar-refractivity contribution in [2.24, 2.45) is 0 Å². The van der Waals surface area contributed by atoms with E-state index in [1.165, 1.54) is 0 Å². The number of rotatable bonds is 13. The van der Waals surface area contributed by atoms with Gasteiger partial charge in [-0.25, -0.2) is 13.2 Å². The first-order valence-corrected chi connectivity index (χ1v) is 15.1. The monoisotopic (exact) mass is 549 g/mol. The number of urea groups is 1. The molecule has 0 bridgehead atoms. The zero-order valence-electron chi connectivity index (χ0n) is 23.0. The van der Waals surface area contributed by atoms with Gasteiger partial charge in [0.25, 0.3) is 0 Å². The standard InChI is InChI=1S/C31H39N3O4S/c1-4-5-6-10-21-34(3)30(35)29(22-25-11-8-7-9-12-25)33-31(36)32-27-17-15-26(16-18-27)23-39(37,38)28-19-13-24(2)14-20-28/h7-9,11-20,29H,4-6,10,21-23H2,1-3H3,(H2,32,33,36)/t29-/m1/s1. The van der Waals surface area contributed by atoms with E-state index in [4.69, 9.17) is 0 Å². The van der Waals surface area contributed by atoms with Gasteiger partial charge in [-0.3, -0.25) is 4.79 Å². The quantitative estimate of drug-likeness (QED) is 0.266. The molecule has 0 aliphatic carbocycles. The third-order valence-corrected chi connectivity index (χ3v) is 8.26. The smallest absolute Gasteiger partial charge is 0.319 e. The lowest BCUT2D eigenvalue weighted by Crippen LogP contribution is -2.50. The summed E-state index contributed by atoms with van der Waals surface area (Å²) >= 11 is 0. The average molecular weight is 550 g/mol. The Hall–Kier alpha value is -3.65. The largest absolute Gasteiger partial charge is 0.344 e. The van der Waals surface area contributed by atoms with E-state index in [0.717, 1.165) is 36.8 Å². The predicted molar refractivity (Wildman–Crippen MR) is 156 cm³/mol. The van der Waals surface area contributed by atoms with E-state index >= 15 is 0 Å². The second kappa shape index (κ2) is 14.5. The number of aryl methyl sites for hydroxylation is 1. The van der Waals surface area contributed by atoms with Crippen LogP contribution in [0.1, 0.15) is 49.3 Å². The summed E-state index contributed by atoms with van der Waals surface area (Å²) in [4.78, 5) is 28.1. The molecule has 0 spiro atoms. The Morgan fingerprint density at radius 1 is 0.846 bits per heavy atom. The molecule has 0 aliphatic heterocycles. The first-order chi connectivity index (χ1) is 18.7. The van der Waals surface area contributed by atoms with Gasteiger partial charge in [0, 0.05) is 25.7 Å². The number of benzene rings is 3. The van der Waals surface area contributed by atoms with Crippen LogP contribution in [0.25, 0.3) is 0 Å². The number of likely N-dealkylation sites (N-methyl/N-ethyl adjacent to an activating group) is 1. The number of nitrogens with zero attached hydrogens (tertiary/aromatic N) is 1. The minimum Gasteiger partial charge on any atom is -0.344 e. The van der Waals surface area contributed by atoms with Crippen molar-refractivity contribution >= 4 is 27.5 Å². The summed E-state index contributed by atoms with van der Waals surface area (Å²) in [5, 5.41) is 5.61. The first-order valence-electron chi connectivity index (χ1n) is 13.4. The Morgan fingerprint density at radius 3 is 2.15 bits per heavy atom. The van der Waals surface area contributed by atoms with E-state index in [1.54, 1.807) is 60.5 Å². The number of hydrogen-bond acceptors (Lipinski definition) is 4. The summed E-state index contributed by atoms with van der Waals surface area (Å²) < 4.78 is 25.5. The van der Waals surface area contributed by atoms with E-state index in [9.17, 15) is 18.0 Å². The van der Waals surface area contributed by atoms with Crippen molar-refractivity contribution in [2.75, 3.05) is 18.9 Å². The molecule has 3 amide bonds. The summed E-state index contributed by atoms with van der Waals surface area (Å²) in [6.45, 7) is 4.69. The second-order valence-corrected chi connectivity index (χ2v) is 11.9. The number of hydrogen-bond donors (Lipinski definition) is 2. The van der Waals surface area contributed by atoms with Crippen molar-refractivity contribution < 1.29 is 18.0 Å². The number of unbranched alkanes of at least 4 members (excludes halogenated alkanes) is 3. The topological polar surface area (TPSA) is 95.6 Å². The lowest BCUT2D eigenvalue weighted by atomic mass is 10.0. The van der Waals surface area contributed by atoms with Gasteiger partial charge in [0.1, 0.15) is 6.04 Å². The van der Waals surface area contributed by atoms with Crippen LogP contribution >= 0.6 is 0 Å². The molecule has 0 heterocycles. The van der Waals surface area contributed by atoms with Gasteiger partial charge in [0.2, 0.25) is 5.91 Å². The number of anilines is 1. The van der Waals surface area contributed by atoms with Gasteiger partial charge in [0.05, 0.1) is 10.6 Å². The zero-order chi connectivity index (χ0) is 28.3. The zero-order valence-corrected chi connectivity index (χ0v) is 23.8. The van der Waals surface area contributed by atoms with Gasteiger partial charge in [-0.1, -0.05) is 86.3 Å². The van der Waals surface area contributed by atoms with E-state index in [2.05, 4.69) is 17.6 Å². The molecule has 0 radical (unpaired) electrons. The summed E-state index contributed by atoms with van der Waals surface area (Å²) in [6, 6.07) is 21.8. The van der Waals surface area contributed by atoms with Crippen LogP contribution in [0.2, 0.25) is 0 Å². The van der Waals surface area contributed by atoms with E-state index in [1.807, 2.05) is 37.3 Å². The third-order valence-electron chi connectivity index (χ3n) is 6.56. The van der Waals surface area contributed by atoms with E-state index in [0.29, 0.717) is 24.2 Å². The van der Waals surface area contributed by atoms with Crippen LogP contribution < -0.4 is 10.6 Å². The van der Waals surface area contributed by atoms with Gasteiger partial charge in [0.15, 0.2) is 9.84 Å². The van der Waals surface area contributed by atoms with Crippen molar-refractivity contribution in [1.29, 1.82) is 0 Å². The number of amides is 3. The molecule has 3 aromatic carbocycles. The summed E-state index contributed by atoms with van der Waals surface area (Å²) in [7, 11) is -1.71. The molecular weight excluding hydrogens is 510 g/mol. The number of nitrogens with one attached hydrogen (secondary N) is 2. The minimum atomic E-state index is -3.48. The fourth-order valence-electron chi connectivity index (χ4n) is 4.26. The molecule has 0 aliphatic rings. The van der Waals surface area contributed by atoms with Gasteiger partial charge < -0.3 is 15.5 Å². The molecule has 2 N–H and O–H groups in total.